The molecule has 3 aromatic rings. The molecule has 19 heavy (non-hydrogen) atoms. The lowest BCUT2D eigenvalue weighted by molar-refractivity contribution is 0.916. The topological polar surface area (TPSA) is 12.9 Å². The highest BCUT2D eigenvalue weighted by molar-refractivity contribution is 9.09. The van der Waals surface area contributed by atoms with Crippen molar-refractivity contribution in [3.63, 3.8) is 0 Å². The summed E-state index contributed by atoms with van der Waals surface area (Å²) in [5, 5.41) is 2.49. The summed E-state index contributed by atoms with van der Waals surface area (Å²) in [6.45, 7) is 0. The highest BCUT2D eigenvalue weighted by atomic mass is 79.9. The summed E-state index contributed by atoms with van der Waals surface area (Å²) in [6.07, 6.45) is 2.79. The zero-order valence-electron chi connectivity index (χ0n) is 10.5. The Bertz CT molecular complexity index is 674. The Kier molecular flexibility index (Phi) is 3.60. The molecule has 0 fully saturated rings. The maximum atomic E-state index is 4.54. The fourth-order valence-electron chi connectivity index (χ4n) is 2.29. The maximum absolute atomic E-state index is 4.54. The number of halogens is 1. The van der Waals surface area contributed by atoms with Crippen LogP contribution in [-0.4, -0.2) is 4.98 Å². The maximum Gasteiger partial charge on any atom is 0.0496 e. The first-order valence-corrected chi connectivity index (χ1v) is 7.28. The zero-order chi connectivity index (χ0) is 13.1. The summed E-state index contributed by atoms with van der Waals surface area (Å²) in [7, 11) is 0. The number of benzene rings is 2. The van der Waals surface area contributed by atoms with Gasteiger partial charge in [-0.25, -0.2) is 0 Å². The Labute approximate surface area is 121 Å². The van der Waals surface area contributed by atoms with Crippen LogP contribution in [0.2, 0.25) is 0 Å². The van der Waals surface area contributed by atoms with Gasteiger partial charge < -0.3 is 0 Å². The van der Waals surface area contributed by atoms with Gasteiger partial charge in [0.25, 0.3) is 0 Å². The normalized spacial score (nSPS) is 12.5. The second-order valence-corrected chi connectivity index (χ2v) is 5.67. The number of hydrogen-bond acceptors (Lipinski definition) is 1. The van der Waals surface area contributed by atoms with Crippen molar-refractivity contribution in [3.8, 4) is 0 Å². The lowest BCUT2D eigenvalue weighted by Crippen LogP contribution is -1.98. The van der Waals surface area contributed by atoms with Crippen LogP contribution in [0.1, 0.15) is 16.1 Å². The minimum absolute atomic E-state index is 0.298. The minimum Gasteiger partial charge on any atom is -0.261 e. The lowest BCUT2D eigenvalue weighted by Gasteiger charge is -2.11. The van der Waals surface area contributed by atoms with Gasteiger partial charge in [-0.15, -0.1) is 0 Å². The molecular weight excluding hydrogens is 298 g/mol. The minimum atomic E-state index is 0.298. The van der Waals surface area contributed by atoms with Gasteiger partial charge in [0.15, 0.2) is 0 Å². The van der Waals surface area contributed by atoms with E-state index in [0.717, 1.165) is 12.1 Å². The molecule has 0 saturated heterocycles. The average Bonchev–Trinajstić information content (AvgIpc) is 2.48. The Morgan fingerprint density at radius 2 is 1.63 bits per heavy atom. The summed E-state index contributed by atoms with van der Waals surface area (Å²) in [4.78, 5) is 4.84. The van der Waals surface area contributed by atoms with Gasteiger partial charge in [0.1, 0.15) is 0 Å². The molecule has 0 amide bonds. The quantitative estimate of drug-likeness (QED) is 0.626. The molecule has 1 heterocycles. The van der Waals surface area contributed by atoms with Crippen molar-refractivity contribution in [2.75, 3.05) is 0 Å². The molecule has 94 valence electrons. The predicted octanol–water partition coefficient (Wildman–Crippen LogP) is 4.91. The highest BCUT2D eigenvalue weighted by Gasteiger charge is 2.11. The summed E-state index contributed by atoms with van der Waals surface area (Å²) in [6, 6.07) is 20.9. The van der Waals surface area contributed by atoms with Crippen molar-refractivity contribution in [2.45, 2.75) is 11.2 Å². The van der Waals surface area contributed by atoms with Crippen LogP contribution in [0.25, 0.3) is 10.8 Å². The number of rotatable bonds is 3. The van der Waals surface area contributed by atoms with Crippen molar-refractivity contribution in [1.82, 2.24) is 4.98 Å². The summed E-state index contributed by atoms with van der Waals surface area (Å²) < 4.78 is 0. The first-order valence-electron chi connectivity index (χ1n) is 6.36. The first kappa shape index (κ1) is 12.4. The number of alkyl halides is 1. The summed E-state index contributed by atoms with van der Waals surface area (Å²) >= 11 is 3.77. The SMILES string of the molecule is BrC(Cc1nccc2ccccc12)c1ccccc1. The van der Waals surface area contributed by atoms with Gasteiger partial charge in [0.05, 0.1) is 0 Å². The van der Waals surface area contributed by atoms with Crippen LogP contribution < -0.4 is 0 Å². The van der Waals surface area contributed by atoms with Crippen molar-refractivity contribution in [2.24, 2.45) is 0 Å². The second-order valence-electron chi connectivity index (χ2n) is 4.56. The number of hydrogen-bond donors (Lipinski definition) is 0. The van der Waals surface area contributed by atoms with Crippen molar-refractivity contribution < 1.29 is 0 Å². The van der Waals surface area contributed by atoms with Gasteiger partial charge in [-0.1, -0.05) is 70.5 Å². The van der Waals surface area contributed by atoms with Crippen LogP contribution in [0.3, 0.4) is 0 Å². The molecule has 0 aliphatic rings. The third-order valence-electron chi connectivity index (χ3n) is 3.29. The lowest BCUT2D eigenvalue weighted by atomic mass is 10.0. The van der Waals surface area contributed by atoms with E-state index >= 15 is 0 Å². The molecule has 0 N–H and O–H groups in total. The van der Waals surface area contributed by atoms with Crippen LogP contribution in [-0.2, 0) is 6.42 Å². The highest BCUT2D eigenvalue weighted by Crippen LogP contribution is 2.28. The van der Waals surface area contributed by atoms with Crippen LogP contribution in [0.15, 0.2) is 66.9 Å². The Morgan fingerprint density at radius 3 is 2.47 bits per heavy atom. The summed E-state index contributed by atoms with van der Waals surface area (Å²) in [5.41, 5.74) is 2.43. The fraction of sp³-hybridized carbons (Fsp3) is 0.118. The first-order chi connectivity index (χ1) is 9.34. The molecule has 2 heteroatoms. The molecule has 0 spiro atoms. The Hall–Kier alpha value is -1.67. The number of aromatic nitrogens is 1. The third-order valence-corrected chi connectivity index (χ3v) is 4.14. The summed E-state index contributed by atoms with van der Waals surface area (Å²) in [5.74, 6) is 0. The molecule has 3 rings (SSSR count). The molecule has 0 saturated carbocycles. The molecule has 1 unspecified atom stereocenters. The molecule has 1 atom stereocenters. The molecule has 1 nitrogen and oxygen atoms in total. The van der Waals surface area contributed by atoms with E-state index in [1.165, 1.54) is 16.3 Å². The fourth-order valence-corrected chi connectivity index (χ4v) is 2.91. The van der Waals surface area contributed by atoms with Crippen LogP contribution >= 0.6 is 15.9 Å². The van der Waals surface area contributed by atoms with E-state index in [1.807, 2.05) is 12.3 Å². The third kappa shape index (κ3) is 2.69. The smallest absolute Gasteiger partial charge is 0.0496 e. The van der Waals surface area contributed by atoms with E-state index < -0.39 is 0 Å². The molecule has 2 aromatic carbocycles. The Morgan fingerprint density at radius 1 is 0.895 bits per heavy atom. The monoisotopic (exact) mass is 311 g/mol. The molecule has 0 aliphatic carbocycles. The van der Waals surface area contributed by atoms with Gasteiger partial charge in [-0.3, -0.25) is 4.98 Å². The molecule has 0 aliphatic heterocycles. The van der Waals surface area contributed by atoms with E-state index in [2.05, 4.69) is 75.5 Å². The van der Waals surface area contributed by atoms with Gasteiger partial charge in [-0.05, 0) is 17.0 Å². The van der Waals surface area contributed by atoms with Crippen LogP contribution in [0, 0.1) is 0 Å². The van der Waals surface area contributed by atoms with Crippen molar-refractivity contribution in [1.29, 1.82) is 0 Å². The van der Waals surface area contributed by atoms with Crippen LogP contribution in [0.4, 0.5) is 0 Å². The van der Waals surface area contributed by atoms with E-state index in [1.54, 1.807) is 0 Å². The van der Waals surface area contributed by atoms with Gasteiger partial charge in [0.2, 0.25) is 0 Å². The number of nitrogens with zero attached hydrogens (tertiary/aromatic N) is 1. The molecular formula is C17H14BrN. The molecule has 0 radical (unpaired) electrons. The van der Waals surface area contributed by atoms with Gasteiger partial charge in [-0.2, -0.15) is 0 Å². The molecule has 0 bridgehead atoms. The van der Waals surface area contributed by atoms with Gasteiger partial charge >= 0.3 is 0 Å². The Balaban J connectivity index is 1.94. The van der Waals surface area contributed by atoms with E-state index in [9.17, 15) is 0 Å². The number of pyridine rings is 1. The zero-order valence-corrected chi connectivity index (χ0v) is 12.0. The van der Waals surface area contributed by atoms with E-state index in [4.69, 9.17) is 0 Å². The van der Waals surface area contributed by atoms with Gasteiger partial charge in [0, 0.05) is 28.5 Å². The van der Waals surface area contributed by atoms with Crippen molar-refractivity contribution in [3.05, 3.63) is 78.1 Å². The van der Waals surface area contributed by atoms with Crippen LogP contribution in [0.5, 0.6) is 0 Å². The largest absolute Gasteiger partial charge is 0.261 e. The van der Waals surface area contributed by atoms with E-state index in [-0.39, 0.29) is 0 Å². The number of fused-ring (bicyclic) bond motifs is 1. The average molecular weight is 312 g/mol. The van der Waals surface area contributed by atoms with E-state index in [0.29, 0.717) is 4.83 Å². The predicted molar refractivity (Wildman–Crippen MR) is 83.6 cm³/mol. The molecule has 1 aromatic heterocycles. The standard InChI is InChI=1S/C17H14BrN/c18-16(14-7-2-1-3-8-14)12-17-15-9-5-4-6-13(15)10-11-19-17/h1-11,16H,12H2. The second kappa shape index (κ2) is 5.54. The van der Waals surface area contributed by atoms with Crippen molar-refractivity contribution >= 4 is 26.7 Å².